The molecule has 12 heteroatoms. The smallest absolute Gasteiger partial charge is 0.247 e. The van der Waals surface area contributed by atoms with E-state index in [1.807, 2.05) is 0 Å². The first-order valence-electron chi connectivity index (χ1n) is 14.4. The summed E-state index contributed by atoms with van der Waals surface area (Å²) in [7, 11) is -6.63. The van der Waals surface area contributed by atoms with Gasteiger partial charge >= 0.3 is 0 Å². The molecule has 0 aromatic heterocycles. The molecule has 0 radical (unpaired) electrons. The highest BCUT2D eigenvalue weighted by molar-refractivity contribution is 7.89. The van der Waals surface area contributed by atoms with E-state index in [1.165, 1.54) is 38.5 Å². The Hall–Kier alpha value is -4.40. The Kier molecular flexibility index (Phi) is 6.96. The molecule has 7 rings (SSSR count). The monoisotopic (exact) mass is 652 g/mol. The molecule has 46 heavy (non-hydrogen) atoms. The fourth-order valence-electron chi connectivity index (χ4n) is 7.81. The second kappa shape index (κ2) is 10.6. The molecule has 0 spiro atoms. The Balaban J connectivity index is 1.74. The van der Waals surface area contributed by atoms with Gasteiger partial charge in [-0.2, -0.15) is 10.5 Å². The maximum atomic E-state index is 15.0. The summed E-state index contributed by atoms with van der Waals surface area (Å²) in [6, 6.07) is 33.2. The molecule has 4 aromatic carbocycles. The van der Waals surface area contributed by atoms with Gasteiger partial charge < -0.3 is 9.47 Å². The van der Waals surface area contributed by atoms with Crippen molar-refractivity contribution in [3.8, 4) is 12.1 Å². The maximum absolute atomic E-state index is 15.0. The molecule has 0 saturated heterocycles. The highest BCUT2D eigenvalue weighted by Crippen LogP contribution is 2.67. The predicted octanol–water partition coefficient (Wildman–Crippen LogP) is 4.36. The highest BCUT2D eigenvalue weighted by Gasteiger charge is 2.78. The summed E-state index contributed by atoms with van der Waals surface area (Å²) in [5, 5.41) is 23.3. The Labute approximate surface area is 267 Å². The van der Waals surface area contributed by atoms with Crippen molar-refractivity contribution in [3.05, 3.63) is 131 Å². The quantitative estimate of drug-likeness (QED) is 0.299. The second-order valence-corrected chi connectivity index (χ2v) is 15.0. The Bertz CT molecular complexity index is 2000. The number of fused-ring (bicyclic) bond motifs is 2. The van der Waals surface area contributed by atoms with Crippen molar-refractivity contribution >= 4 is 20.0 Å². The molecule has 4 bridgehead atoms. The molecule has 2 heterocycles. The molecule has 0 N–H and O–H groups in total. The average molecular weight is 653 g/mol. The summed E-state index contributed by atoms with van der Waals surface area (Å²) in [5.41, 5.74) is -3.53. The van der Waals surface area contributed by atoms with Gasteiger partial charge in [0.15, 0.2) is 11.1 Å². The zero-order valence-electron chi connectivity index (χ0n) is 24.8. The number of sulfonamides is 2. The molecule has 232 valence electrons. The lowest BCUT2D eigenvalue weighted by Gasteiger charge is -2.65. The molecule has 4 aromatic rings. The molecule has 0 amide bonds. The lowest BCUT2D eigenvalue weighted by atomic mass is 9.55. The van der Waals surface area contributed by atoms with Gasteiger partial charge in [0.05, 0.1) is 21.9 Å². The van der Waals surface area contributed by atoms with Crippen molar-refractivity contribution in [3.63, 3.8) is 0 Å². The lowest BCUT2D eigenvalue weighted by molar-refractivity contribution is -0.164. The number of hydrogen-bond acceptors (Lipinski definition) is 8. The van der Waals surface area contributed by atoms with E-state index >= 15 is 0 Å². The number of rotatable bonds is 6. The predicted molar refractivity (Wildman–Crippen MR) is 165 cm³/mol. The van der Waals surface area contributed by atoms with E-state index < -0.39 is 55.4 Å². The molecule has 0 fully saturated rings. The van der Waals surface area contributed by atoms with E-state index in [0.717, 1.165) is 8.61 Å². The number of nitriles is 2. The first-order chi connectivity index (χ1) is 22.2. The van der Waals surface area contributed by atoms with Crippen LogP contribution < -0.4 is 0 Å². The number of methoxy groups -OCH3 is 2. The number of hydrogen-bond donors (Lipinski definition) is 0. The minimum Gasteiger partial charge on any atom is -0.365 e. The largest absolute Gasteiger partial charge is 0.365 e. The third-order valence-electron chi connectivity index (χ3n) is 9.47. The molecule has 0 saturated carbocycles. The number of benzene rings is 4. The van der Waals surface area contributed by atoms with Crippen LogP contribution in [-0.2, 0) is 40.6 Å². The van der Waals surface area contributed by atoms with Gasteiger partial charge in [-0.25, -0.2) is 16.8 Å². The van der Waals surface area contributed by atoms with Crippen LogP contribution >= 0.6 is 0 Å². The number of ether oxygens (including phenoxy) is 2. The SMILES string of the molecule is CO[C@H]1[C@H]2c3ccccc3[C@@](C#N)(N1S(=O)(=O)c1ccccc1)[C@@]1(C#N)c3ccccc3[C@@H]2[C@H](OC)N1S(=O)(=O)c1ccccc1. The van der Waals surface area contributed by atoms with Crippen LogP contribution in [0.3, 0.4) is 0 Å². The van der Waals surface area contributed by atoms with Crippen LogP contribution in [0.1, 0.15) is 34.1 Å². The Morgan fingerprint density at radius 1 is 0.565 bits per heavy atom. The first kappa shape index (κ1) is 30.3. The number of nitrogens with zero attached hydrogens (tertiary/aromatic N) is 4. The third kappa shape index (κ3) is 3.57. The molecule has 10 nitrogen and oxygen atoms in total. The van der Waals surface area contributed by atoms with E-state index in [0.29, 0.717) is 11.1 Å². The molecule has 3 aliphatic rings. The van der Waals surface area contributed by atoms with Gasteiger partial charge in [0, 0.05) is 26.1 Å². The van der Waals surface area contributed by atoms with E-state index in [4.69, 9.17) is 9.47 Å². The molecule has 6 atom stereocenters. The van der Waals surface area contributed by atoms with Crippen molar-refractivity contribution in [1.82, 2.24) is 8.61 Å². The van der Waals surface area contributed by atoms with Gasteiger partial charge in [0.1, 0.15) is 12.5 Å². The standard InChI is InChI=1S/C34H28N4O6S2/c1-43-31-29-25-17-9-11-19-27(25)33(21-35,37(31)45(39,40)23-13-5-3-6-14-23)34(22-36)28-20-12-10-18-26(28)30(29)32(44-2)38(34)46(41,42)24-15-7-4-8-16-24/h3-20,29-32H,1-2H3/t29-,30-,31-,32-,33+,34+/m0/s1. The Morgan fingerprint density at radius 2 is 0.891 bits per heavy atom. The fraction of sp³-hybridized carbons (Fsp3) is 0.235. The molecule has 2 aliphatic heterocycles. The van der Waals surface area contributed by atoms with Crippen LogP contribution in [0.25, 0.3) is 0 Å². The van der Waals surface area contributed by atoms with Crippen LogP contribution in [0.5, 0.6) is 0 Å². The highest BCUT2D eigenvalue weighted by atomic mass is 32.2. The average Bonchev–Trinajstić information content (AvgIpc) is 3.09. The zero-order valence-corrected chi connectivity index (χ0v) is 26.4. The molecule has 1 aliphatic carbocycles. The van der Waals surface area contributed by atoms with E-state index in [-0.39, 0.29) is 20.9 Å². The minimum absolute atomic E-state index is 0.145. The van der Waals surface area contributed by atoms with Gasteiger partial charge in [-0.3, -0.25) is 0 Å². The first-order valence-corrected chi connectivity index (χ1v) is 17.3. The third-order valence-corrected chi connectivity index (χ3v) is 13.2. The van der Waals surface area contributed by atoms with Crippen molar-refractivity contribution in [2.45, 2.75) is 45.2 Å². The van der Waals surface area contributed by atoms with Crippen molar-refractivity contribution in [2.24, 2.45) is 0 Å². The normalized spacial score (nSPS) is 28.7. The summed E-state index contributed by atoms with van der Waals surface area (Å²) in [5.74, 6) is -1.75. The molecular weight excluding hydrogens is 625 g/mol. The maximum Gasteiger partial charge on any atom is 0.247 e. The van der Waals surface area contributed by atoms with Gasteiger partial charge in [-0.05, 0) is 46.5 Å². The summed E-state index contributed by atoms with van der Waals surface area (Å²) in [6.07, 6.45) is -2.69. The second-order valence-electron chi connectivity index (χ2n) is 11.4. The summed E-state index contributed by atoms with van der Waals surface area (Å²) < 4.78 is 74.0. The molecule has 0 unspecified atom stereocenters. The van der Waals surface area contributed by atoms with Gasteiger partial charge in [-0.1, -0.05) is 84.9 Å². The fourth-order valence-corrected chi connectivity index (χ4v) is 11.5. The van der Waals surface area contributed by atoms with E-state index in [9.17, 15) is 27.4 Å². The minimum atomic E-state index is -4.67. The van der Waals surface area contributed by atoms with Crippen molar-refractivity contribution in [1.29, 1.82) is 10.5 Å². The van der Waals surface area contributed by atoms with Crippen LogP contribution in [0, 0.1) is 22.7 Å². The van der Waals surface area contributed by atoms with Gasteiger partial charge in [0.25, 0.3) is 0 Å². The summed E-state index contributed by atoms with van der Waals surface area (Å²) >= 11 is 0. The van der Waals surface area contributed by atoms with Crippen LogP contribution in [0.15, 0.2) is 119 Å². The van der Waals surface area contributed by atoms with Gasteiger partial charge in [0.2, 0.25) is 20.0 Å². The lowest BCUT2D eigenvalue weighted by Crippen LogP contribution is -2.78. The summed E-state index contributed by atoms with van der Waals surface area (Å²) in [4.78, 5) is -0.290. The van der Waals surface area contributed by atoms with Crippen molar-refractivity contribution < 1.29 is 26.3 Å². The van der Waals surface area contributed by atoms with Crippen LogP contribution in [0.2, 0.25) is 0 Å². The summed E-state index contributed by atoms with van der Waals surface area (Å²) in [6.45, 7) is 0. The Morgan fingerprint density at radius 3 is 1.22 bits per heavy atom. The van der Waals surface area contributed by atoms with E-state index in [1.54, 1.807) is 84.9 Å². The topological polar surface area (TPSA) is 141 Å². The van der Waals surface area contributed by atoms with Crippen LogP contribution in [-0.4, -0.2) is 52.1 Å². The zero-order chi connectivity index (χ0) is 32.5. The van der Waals surface area contributed by atoms with E-state index in [2.05, 4.69) is 12.1 Å². The van der Waals surface area contributed by atoms with Crippen molar-refractivity contribution in [2.75, 3.05) is 14.2 Å². The van der Waals surface area contributed by atoms with Gasteiger partial charge in [-0.15, -0.1) is 8.61 Å². The van der Waals surface area contributed by atoms with Crippen LogP contribution in [0.4, 0.5) is 0 Å². The molecular formula is C34H28N4O6S2.